The van der Waals surface area contributed by atoms with Gasteiger partial charge < -0.3 is 10.1 Å². The number of amides is 1. The van der Waals surface area contributed by atoms with E-state index in [9.17, 15) is 10.1 Å². The predicted molar refractivity (Wildman–Crippen MR) is 131 cm³/mol. The maximum absolute atomic E-state index is 13.2. The Morgan fingerprint density at radius 3 is 2.82 bits per heavy atom. The molecule has 1 fully saturated rings. The molecule has 2 aromatic heterocycles. The van der Waals surface area contributed by atoms with Crippen molar-refractivity contribution in [1.82, 2.24) is 19.9 Å². The Morgan fingerprint density at radius 2 is 2.09 bits per heavy atom. The van der Waals surface area contributed by atoms with Crippen molar-refractivity contribution in [1.29, 1.82) is 5.26 Å². The smallest absolute Gasteiger partial charge is 0.236 e. The molecule has 0 aliphatic heterocycles. The molecule has 174 valence electrons. The Hall–Kier alpha value is -3.71. The summed E-state index contributed by atoms with van der Waals surface area (Å²) in [6.45, 7) is 5.92. The van der Waals surface area contributed by atoms with Crippen molar-refractivity contribution >= 4 is 29.5 Å². The number of nitriles is 1. The summed E-state index contributed by atoms with van der Waals surface area (Å²) in [5.74, 6) is 0.606. The lowest BCUT2D eigenvalue weighted by Crippen LogP contribution is -2.36. The van der Waals surface area contributed by atoms with Crippen molar-refractivity contribution in [3.05, 3.63) is 54.1 Å². The third-order valence-electron chi connectivity index (χ3n) is 5.29. The van der Waals surface area contributed by atoms with E-state index in [1.165, 1.54) is 19.0 Å². The minimum absolute atomic E-state index is 0.283. The normalized spacial score (nSPS) is 13.1. The van der Waals surface area contributed by atoms with Crippen LogP contribution in [-0.2, 0) is 10.2 Å². The van der Waals surface area contributed by atoms with Crippen LogP contribution < -0.4 is 14.8 Å². The first-order valence-corrected chi connectivity index (χ1v) is 11.8. The molecular weight excluding hydrogens is 450 g/mol. The van der Waals surface area contributed by atoms with Gasteiger partial charge in [-0.3, -0.25) is 14.5 Å². The van der Waals surface area contributed by atoms with Crippen molar-refractivity contribution in [3.8, 4) is 23.2 Å². The number of hydrogen-bond donors (Lipinski definition) is 2. The Morgan fingerprint density at radius 1 is 1.26 bits per heavy atom. The van der Waals surface area contributed by atoms with Crippen LogP contribution in [0.5, 0.6) is 5.88 Å². The van der Waals surface area contributed by atoms with Crippen molar-refractivity contribution in [2.75, 3.05) is 16.6 Å². The summed E-state index contributed by atoms with van der Waals surface area (Å²) >= 11 is 1.60. The van der Waals surface area contributed by atoms with Crippen molar-refractivity contribution in [2.24, 2.45) is 0 Å². The first kappa shape index (κ1) is 23.4. The summed E-state index contributed by atoms with van der Waals surface area (Å²) in [5, 5.41) is 13.2. The Balaban J connectivity index is 1.52. The number of benzene rings is 1. The number of carbonyl (C=O) groups is 1. The average Bonchev–Trinajstić information content (AvgIpc) is 3.68. The fraction of sp³-hybridized carbons (Fsp3) is 0.333. The first-order valence-electron chi connectivity index (χ1n) is 11.0. The predicted octanol–water partition coefficient (Wildman–Crippen LogP) is 4.34. The molecule has 1 aliphatic rings. The van der Waals surface area contributed by atoms with Crippen molar-refractivity contribution in [3.63, 3.8) is 0 Å². The van der Waals surface area contributed by atoms with E-state index < -0.39 is 5.41 Å². The summed E-state index contributed by atoms with van der Waals surface area (Å²) in [6.07, 6.45) is 7.15. The minimum atomic E-state index is -0.952. The number of aromatic nitrogens is 4. The maximum Gasteiger partial charge on any atom is 0.236 e. The molecule has 2 N–H and O–H groups in total. The van der Waals surface area contributed by atoms with Gasteiger partial charge in [-0.25, -0.2) is 15.0 Å². The van der Waals surface area contributed by atoms with Crippen LogP contribution in [0, 0.1) is 11.3 Å². The van der Waals surface area contributed by atoms with Crippen LogP contribution in [0.2, 0.25) is 0 Å². The lowest BCUT2D eigenvalue weighted by Gasteiger charge is -2.23. The number of ether oxygens (including phenoxy) is 1. The van der Waals surface area contributed by atoms with E-state index in [0.717, 1.165) is 0 Å². The molecule has 2 heterocycles. The largest absolute Gasteiger partial charge is 0.477 e. The molecular formula is C24H25N7O2S. The number of carbonyl (C=O) groups excluding carboxylic acids is 1. The Labute approximate surface area is 202 Å². The van der Waals surface area contributed by atoms with E-state index in [2.05, 4.69) is 36.0 Å². The highest BCUT2D eigenvalue weighted by Gasteiger charge is 2.32. The topological polar surface area (TPSA) is 126 Å². The fourth-order valence-electron chi connectivity index (χ4n) is 3.08. The van der Waals surface area contributed by atoms with Gasteiger partial charge in [-0.15, -0.1) is 0 Å². The second kappa shape index (κ2) is 10.1. The monoisotopic (exact) mass is 475 g/mol. The van der Waals surface area contributed by atoms with Gasteiger partial charge in [0, 0.05) is 17.0 Å². The van der Waals surface area contributed by atoms with Crippen LogP contribution in [0.25, 0.3) is 11.3 Å². The van der Waals surface area contributed by atoms with Crippen LogP contribution in [0.1, 0.15) is 44.9 Å². The molecule has 0 saturated heterocycles. The van der Waals surface area contributed by atoms with Gasteiger partial charge in [0.25, 0.3) is 0 Å². The molecule has 1 amide bonds. The zero-order valence-corrected chi connectivity index (χ0v) is 20.0. The van der Waals surface area contributed by atoms with Crippen LogP contribution in [0.15, 0.2) is 42.9 Å². The van der Waals surface area contributed by atoms with Crippen molar-refractivity contribution in [2.45, 2.75) is 44.3 Å². The van der Waals surface area contributed by atoms with Gasteiger partial charge in [-0.05, 0) is 63.8 Å². The SMILES string of the molecule is CCOc1cncc(-c2ccc(NC(=O)C(C)(C)c3ccnc(NSC4CC4)n3)c(C#N)c2)n1. The molecule has 1 saturated carbocycles. The summed E-state index contributed by atoms with van der Waals surface area (Å²) in [7, 11) is 0. The zero-order chi connectivity index (χ0) is 24.1. The quantitative estimate of drug-likeness (QED) is 0.435. The van der Waals surface area contributed by atoms with Gasteiger partial charge in [0.15, 0.2) is 0 Å². The van der Waals surface area contributed by atoms with Crippen LogP contribution in [-0.4, -0.2) is 37.7 Å². The summed E-state index contributed by atoms with van der Waals surface area (Å²) in [5.41, 5.74) is 1.63. The minimum Gasteiger partial charge on any atom is -0.477 e. The number of nitrogens with one attached hydrogen (secondary N) is 2. The van der Waals surface area contributed by atoms with Crippen molar-refractivity contribution < 1.29 is 9.53 Å². The molecule has 0 unspecified atom stereocenters. The van der Waals surface area contributed by atoms with Gasteiger partial charge in [-0.1, -0.05) is 6.07 Å². The number of nitrogens with zero attached hydrogens (tertiary/aromatic N) is 5. The summed E-state index contributed by atoms with van der Waals surface area (Å²) < 4.78 is 8.57. The third-order valence-corrected chi connectivity index (χ3v) is 6.40. The third kappa shape index (κ3) is 5.43. The molecule has 0 bridgehead atoms. The van der Waals surface area contributed by atoms with E-state index >= 15 is 0 Å². The number of rotatable bonds is 9. The highest BCUT2D eigenvalue weighted by molar-refractivity contribution is 8.01. The standard InChI is InChI=1S/C24H25N7O2S/c1-4-33-21-14-26-13-19(28-21)15-5-8-18(16(11-15)12-25)29-22(32)24(2,3)20-9-10-27-23(30-20)31-34-17-6-7-17/h5,8-11,13-14,17H,4,6-7H2,1-3H3,(H,29,32)(H,27,30,31). The molecule has 0 radical (unpaired) electrons. The molecule has 10 heteroatoms. The van der Waals surface area contributed by atoms with Crippen LogP contribution >= 0.6 is 11.9 Å². The van der Waals surface area contributed by atoms with Gasteiger partial charge in [0.2, 0.25) is 17.7 Å². The fourth-order valence-corrected chi connectivity index (χ4v) is 3.82. The number of hydrogen-bond acceptors (Lipinski definition) is 9. The molecule has 1 aromatic carbocycles. The average molecular weight is 476 g/mol. The first-order chi connectivity index (χ1) is 16.4. The van der Waals surface area contributed by atoms with Crippen LogP contribution in [0.3, 0.4) is 0 Å². The van der Waals surface area contributed by atoms with Gasteiger partial charge in [0.1, 0.15) is 6.07 Å². The van der Waals surface area contributed by atoms with Gasteiger partial charge in [0.05, 0.1) is 47.1 Å². The molecule has 0 atom stereocenters. The highest BCUT2D eigenvalue weighted by Crippen LogP contribution is 2.34. The Kier molecular flexibility index (Phi) is 6.93. The molecule has 4 rings (SSSR count). The number of anilines is 2. The summed E-state index contributed by atoms with van der Waals surface area (Å²) in [4.78, 5) is 30.5. The molecule has 9 nitrogen and oxygen atoms in total. The van der Waals surface area contributed by atoms with E-state index in [-0.39, 0.29) is 5.91 Å². The van der Waals surface area contributed by atoms with Gasteiger partial charge in [-0.2, -0.15) is 5.26 Å². The van der Waals surface area contributed by atoms with E-state index in [1.807, 2.05) is 6.92 Å². The highest BCUT2D eigenvalue weighted by atomic mass is 32.2. The maximum atomic E-state index is 13.2. The second-order valence-electron chi connectivity index (χ2n) is 8.31. The lowest BCUT2D eigenvalue weighted by molar-refractivity contribution is -0.120. The second-order valence-corrected chi connectivity index (χ2v) is 9.42. The molecule has 3 aromatic rings. The molecule has 0 spiro atoms. The van der Waals surface area contributed by atoms with E-state index in [4.69, 9.17) is 4.74 Å². The van der Waals surface area contributed by atoms with E-state index in [0.29, 0.717) is 51.9 Å². The molecule has 34 heavy (non-hydrogen) atoms. The van der Waals surface area contributed by atoms with Gasteiger partial charge >= 0.3 is 0 Å². The summed E-state index contributed by atoms with van der Waals surface area (Å²) in [6, 6.07) is 9.02. The lowest BCUT2D eigenvalue weighted by atomic mass is 9.87. The van der Waals surface area contributed by atoms with E-state index in [1.54, 1.807) is 62.5 Å². The van der Waals surface area contributed by atoms with Crippen LogP contribution in [0.4, 0.5) is 11.6 Å². The Bertz CT molecular complexity index is 1240. The zero-order valence-electron chi connectivity index (χ0n) is 19.2. The molecule has 1 aliphatic carbocycles.